The molecule has 3 unspecified atom stereocenters. The molecule has 284 valence electrons. The Morgan fingerprint density at radius 2 is 1.18 bits per heavy atom. The molecule has 0 aliphatic heterocycles. The third kappa shape index (κ3) is 34.4. The van der Waals surface area contributed by atoms with Crippen LogP contribution in [0.2, 0.25) is 0 Å². The van der Waals surface area contributed by atoms with Crippen molar-refractivity contribution in [2.75, 3.05) is 19.8 Å². The Hall–Kier alpha value is -1.80. The number of aliphatic hydroxyl groups is 1. The van der Waals surface area contributed by atoms with Crippen LogP contribution in [-0.2, 0) is 18.4 Å². The van der Waals surface area contributed by atoms with Crippen molar-refractivity contribution < 1.29 is 28.4 Å². The molecule has 5 N–H and O–H groups in total. The summed E-state index contributed by atoms with van der Waals surface area (Å²) in [6, 6.07) is -0.883. The smallest absolute Gasteiger partial charge is 0.387 e. The van der Waals surface area contributed by atoms with E-state index in [0.717, 1.165) is 57.8 Å². The van der Waals surface area contributed by atoms with Gasteiger partial charge in [0.25, 0.3) is 0 Å². The van der Waals surface area contributed by atoms with Gasteiger partial charge in [0, 0.05) is 13.0 Å². The number of aliphatic hydroxyl groups excluding tert-OH is 1. The van der Waals surface area contributed by atoms with Crippen LogP contribution in [0.15, 0.2) is 60.8 Å². The van der Waals surface area contributed by atoms with Gasteiger partial charge in [-0.3, -0.25) is 13.8 Å². The lowest BCUT2D eigenvalue weighted by Gasteiger charge is -2.23. The van der Waals surface area contributed by atoms with E-state index in [0.29, 0.717) is 12.8 Å². The Labute approximate surface area is 300 Å². The molecule has 0 spiro atoms. The maximum Gasteiger partial charge on any atom is 0.472 e. The molecule has 0 aromatic carbocycles. The normalized spacial score (nSPS) is 15.0. The third-order valence-corrected chi connectivity index (χ3v) is 9.08. The maximum absolute atomic E-state index is 12.7. The molecular weight excluding hydrogens is 635 g/mol. The van der Waals surface area contributed by atoms with Crippen LogP contribution in [0, 0.1) is 0 Å². The van der Waals surface area contributed by atoms with Crippen molar-refractivity contribution in [1.82, 2.24) is 5.32 Å². The van der Waals surface area contributed by atoms with E-state index in [1.807, 2.05) is 6.08 Å². The van der Waals surface area contributed by atoms with Crippen molar-refractivity contribution in [3.63, 3.8) is 0 Å². The molecule has 3 atom stereocenters. The summed E-state index contributed by atoms with van der Waals surface area (Å²) in [5, 5.41) is 13.6. The van der Waals surface area contributed by atoms with Crippen molar-refractivity contribution in [2.45, 2.75) is 167 Å². The predicted molar refractivity (Wildman–Crippen MR) is 207 cm³/mol. The number of carbonyl (C=O) groups is 1. The Kier molecular flexibility index (Phi) is 34.7. The number of unbranched alkanes of at least 4 members (excludes halogenated alkanes) is 15. The van der Waals surface area contributed by atoms with Crippen molar-refractivity contribution >= 4 is 13.7 Å². The SMILES string of the molecule is CC/C=C\C/C=C\C/C=C\C/C=C\CCCCC(=O)NC(COP(=O)(O)OCCN)C(O)/C=C/CCCCCCCCCCCCCCC. The summed E-state index contributed by atoms with van der Waals surface area (Å²) in [6.45, 7) is 3.96. The van der Waals surface area contributed by atoms with E-state index < -0.39 is 20.0 Å². The standard InChI is InChI=1S/C40H73N2O6P/c1-3-5-7-9-11-13-15-17-19-21-23-25-27-29-31-33-39(43)38(37-48-49(45,46)47-36-35-41)42-40(44)34-32-30-28-26-24-22-20-18-16-14-12-10-8-6-4-2/h6,8,12,14,18,20,24,26,31,33,38-39,43H,3-5,7,9-11,13,15-17,19,21-23,25,27-30,32,34-37,41H2,1-2H3,(H,42,44)(H,45,46)/b8-6-,14-12-,20-18-,26-24-,33-31+. The molecular formula is C40H73N2O6P. The monoisotopic (exact) mass is 709 g/mol. The van der Waals surface area contributed by atoms with Gasteiger partial charge in [0.1, 0.15) is 0 Å². The molecule has 0 heterocycles. The van der Waals surface area contributed by atoms with E-state index in [1.54, 1.807) is 6.08 Å². The van der Waals surface area contributed by atoms with E-state index in [9.17, 15) is 19.4 Å². The van der Waals surface area contributed by atoms with Crippen molar-refractivity contribution in [3.8, 4) is 0 Å². The topological polar surface area (TPSA) is 131 Å². The van der Waals surface area contributed by atoms with Gasteiger partial charge in [0.15, 0.2) is 0 Å². The summed E-state index contributed by atoms with van der Waals surface area (Å²) in [4.78, 5) is 22.6. The average Bonchev–Trinajstić information content (AvgIpc) is 3.09. The fraction of sp³-hybridized carbons (Fsp3) is 0.725. The van der Waals surface area contributed by atoms with Crippen molar-refractivity contribution in [2.24, 2.45) is 5.73 Å². The molecule has 0 fully saturated rings. The fourth-order valence-corrected chi connectivity index (χ4v) is 5.94. The van der Waals surface area contributed by atoms with Gasteiger partial charge in [-0.2, -0.15) is 0 Å². The van der Waals surface area contributed by atoms with E-state index in [1.165, 1.54) is 70.6 Å². The summed E-state index contributed by atoms with van der Waals surface area (Å²) in [6.07, 6.45) is 44.1. The summed E-state index contributed by atoms with van der Waals surface area (Å²) in [5.41, 5.74) is 5.35. The minimum Gasteiger partial charge on any atom is -0.387 e. The lowest BCUT2D eigenvalue weighted by molar-refractivity contribution is -0.123. The predicted octanol–water partition coefficient (Wildman–Crippen LogP) is 10.3. The number of amides is 1. The number of phosphoric acid groups is 1. The number of nitrogens with two attached hydrogens (primary N) is 1. The number of nitrogens with one attached hydrogen (secondary N) is 1. The van der Waals surface area contributed by atoms with E-state index in [-0.39, 0.29) is 25.7 Å². The minimum absolute atomic E-state index is 0.0690. The summed E-state index contributed by atoms with van der Waals surface area (Å²) in [7, 11) is -4.35. The zero-order chi connectivity index (χ0) is 36.1. The Balaban J connectivity index is 4.40. The zero-order valence-electron chi connectivity index (χ0n) is 31.2. The van der Waals surface area contributed by atoms with Crippen LogP contribution in [0.3, 0.4) is 0 Å². The number of rotatable bonds is 35. The molecule has 0 saturated heterocycles. The third-order valence-electron chi connectivity index (χ3n) is 8.10. The second-order valence-electron chi connectivity index (χ2n) is 12.8. The highest BCUT2D eigenvalue weighted by molar-refractivity contribution is 7.47. The number of hydrogen-bond donors (Lipinski definition) is 4. The maximum atomic E-state index is 12.7. The van der Waals surface area contributed by atoms with Gasteiger partial charge in [-0.05, 0) is 57.8 Å². The first-order valence-corrected chi connectivity index (χ1v) is 20.9. The van der Waals surface area contributed by atoms with Gasteiger partial charge in [0.05, 0.1) is 25.4 Å². The number of carbonyl (C=O) groups excluding carboxylic acids is 1. The van der Waals surface area contributed by atoms with Crippen LogP contribution in [0.4, 0.5) is 0 Å². The van der Waals surface area contributed by atoms with Crippen LogP contribution in [0.1, 0.15) is 155 Å². The molecule has 0 bridgehead atoms. The quantitative estimate of drug-likeness (QED) is 0.0293. The van der Waals surface area contributed by atoms with Gasteiger partial charge < -0.3 is 21.1 Å². The molecule has 49 heavy (non-hydrogen) atoms. The molecule has 0 aromatic heterocycles. The summed E-state index contributed by atoms with van der Waals surface area (Å²) in [5.74, 6) is -0.238. The first kappa shape index (κ1) is 47.2. The Morgan fingerprint density at radius 1 is 0.694 bits per heavy atom. The summed E-state index contributed by atoms with van der Waals surface area (Å²) >= 11 is 0. The second-order valence-corrected chi connectivity index (χ2v) is 14.2. The lowest BCUT2D eigenvalue weighted by Crippen LogP contribution is -2.45. The highest BCUT2D eigenvalue weighted by Gasteiger charge is 2.26. The molecule has 0 saturated carbocycles. The highest BCUT2D eigenvalue weighted by atomic mass is 31.2. The molecule has 0 aromatic rings. The van der Waals surface area contributed by atoms with Crippen LogP contribution < -0.4 is 11.1 Å². The van der Waals surface area contributed by atoms with E-state index in [2.05, 4.69) is 67.8 Å². The average molecular weight is 709 g/mol. The first-order chi connectivity index (χ1) is 23.9. The van der Waals surface area contributed by atoms with Gasteiger partial charge in [-0.1, -0.05) is 152 Å². The Morgan fingerprint density at radius 3 is 1.73 bits per heavy atom. The largest absolute Gasteiger partial charge is 0.472 e. The van der Waals surface area contributed by atoms with Crippen molar-refractivity contribution in [3.05, 3.63) is 60.8 Å². The molecule has 0 aliphatic carbocycles. The first-order valence-electron chi connectivity index (χ1n) is 19.4. The van der Waals surface area contributed by atoms with E-state index >= 15 is 0 Å². The fourth-order valence-electron chi connectivity index (χ4n) is 5.18. The van der Waals surface area contributed by atoms with Gasteiger partial charge >= 0.3 is 7.82 Å². The number of allylic oxidation sites excluding steroid dienone is 9. The zero-order valence-corrected chi connectivity index (χ0v) is 32.1. The molecule has 0 aliphatic rings. The number of phosphoric ester groups is 1. The highest BCUT2D eigenvalue weighted by Crippen LogP contribution is 2.43. The van der Waals surface area contributed by atoms with Crippen LogP contribution in [-0.4, -0.2) is 47.8 Å². The summed E-state index contributed by atoms with van der Waals surface area (Å²) < 4.78 is 22.0. The second kappa shape index (κ2) is 36.0. The minimum atomic E-state index is -4.35. The lowest BCUT2D eigenvalue weighted by atomic mass is 10.0. The van der Waals surface area contributed by atoms with Gasteiger partial charge in [0.2, 0.25) is 5.91 Å². The van der Waals surface area contributed by atoms with Crippen LogP contribution >= 0.6 is 7.82 Å². The van der Waals surface area contributed by atoms with Crippen LogP contribution in [0.5, 0.6) is 0 Å². The molecule has 9 heteroatoms. The van der Waals surface area contributed by atoms with Gasteiger partial charge in [-0.25, -0.2) is 4.57 Å². The molecule has 0 radical (unpaired) electrons. The molecule has 8 nitrogen and oxygen atoms in total. The molecule has 0 rings (SSSR count). The van der Waals surface area contributed by atoms with Gasteiger partial charge in [-0.15, -0.1) is 0 Å². The Bertz CT molecular complexity index is 949. The van der Waals surface area contributed by atoms with E-state index in [4.69, 9.17) is 14.8 Å². The molecule has 1 amide bonds. The van der Waals surface area contributed by atoms with Crippen LogP contribution in [0.25, 0.3) is 0 Å². The number of hydrogen-bond acceptors (Lipinski definition) is 6. The van der Waals surface area contributed by atoms with Crippen molar-refractivity contribution in [1.29, 1.82) is 0 Å².